The molecule has 1 aromatic rings. The monoisotopic (exact) mass is 262 g/mol. The van der Waals surface area contributed by atoms with E-state index in [1.807, 2.05) is 44.2 Å². The van der Waals surface area contributed by atoms with Crippen LogP contribution >= 0.6 is 0 Å². The number of rotatable bonds is 4. The molecule has 0 saturated carbocycles. The van der Waals surface area contributed by atoms with Crippen molar-refractivity contribution in [2.75, 3.05) is 32.7 Å². The van der Waals surface area contributed by atoms with Gasteiger partial charge in [-0.05, 0) is 12.5 Å². The molecular formula is C16H26N2O. The van der Waals surface area contributed by atoms with E-state index in [9.17, 15) is 4.79 Å². The lowest BCUT2D eigenvalue weighted by Gasteiger charge is -2.30. The van der Waals surface area contributed by atoms with E-state index in [0.717, 1.165) is 38.3 Å². The van der Waals surface area contributed by atoms with Gasteiger partial charge in [0, 0.05) is 32.7 Å². The first kappa shape index (κ1) is 15.9. The topological polar surface area (TPSA) is 32.3 Å². The van der Waals surface area contributed by atoms with Gasteiger partial charge in [-0.25, -0.2) is 0 Å². The molecule has 1 unspecified atom stereocenters. The maximum Gasteiger partial charge on any atom is 0.138 e. The summed E-state index contributed by atoms with van der Waals surface area (Å²) in [6.45, 7) is 10.7. The molecule has 0 bridgehead atoms. The van der Waals surface area contributed by atoms with Gasteiger partial charge in [0.2, 0.25) is 0 Å². The van der Waals surface area contributed by atoms with Gasteiger partial charge in [-0.2, -0.15) is 0 Å². The summed E-state index contributed by atoms with van der Waals surface area (Å²) in [5.74, 6) is 0.282. The molecule has 1 aliphatic heterocycles. The van der Waals surface area contributed by atoms with E-state index in [2.05, 4.69) is 10.2 Å². The Kier molecular flexibility index (Phi) is 7.38. The second-order valence-electron chi connectivity index (χ2n) is 4.62. The van der Waals surface area contributed by atoms with Crippen LogP contribution in [0.25, 0.3) is 0 Å². The van der Waals surface area contributed by atoms with E-state index in [1.54, 1.807) is 6.92 Å². The van der Waals surface area contributed by atoms with Crippen molar-refractivity contribution in [3.8, 4) is 0 Å². The minimum absolute atomic E-state index is 0.0225. The molecule has 2 rings (SSSR count). The van der Waals surface area contributed by atoms with Crippen LogP contribution in [0.15, 0.2) is 30.3 Å². The second kappa shape index (κ2) is 8.83. The van der Waals surface area contributed by atoms with E-state index in [0.29, 0.717) is 0 Å². The predicted octanol–water partition coefficient (Wildman–Crippen LogP) is 2.29. The molecule has 3 heteroatoms. The lowest BCUT2D eigenvalue weighted by atomic mass is 9.94. The Labute approximate surface area is 117 Å². The molecule has 1 fully saturated rings. The van der Waals surface area contributed by atoms with Crippen LogP contribution in [0, 0.1) is 0 Å². The van der Waals surface area contributed by atoms with Crippen molar-refractivity contribution in [3.63, 3.8) is 0 Å². The second-order valence-corrected chi connectivity index (χ2v) is 4.62. The molecule has 1 aliphatic rings. The molecule has 1 aromatic carbocycles. The summed E-state index contributed by atoms with van der Waals surface area (Å²) in [7, 11) is 0. The maximum atomic E-state index is 11.8. The smallest absolute Gasteiger partial charge is 0.138 e. The lowest BCUT2D eigenvalue weighted by Crippen LogP contribution is -2.45. The Morgan fingerprint density at radius 2 is 1.79 bits per heavy atom. The molecule has 0 spiro atoms. The molecule has 19 heavy (non-hydrogen) atoms. The third-order valence-corrected chi connectivity index (χ3v) is 3.34. The molecule has 1 saturated heterocycles. The number of benzene rings is 1. The number of ketones is 1. The van der Waals surface area contributed by atoms with Crippen LogP contribution in [-0.4, -0.2) is 43.4 Å². The number of hydrogen-bond acceptors (Lipinski definition) is 3. The van der Waals surface area contributed by atoms with Crippen LogP contribution in [0.5, 0.6) is 0 Å². The van der Waals surface area contributed by atoms with Gasteiger partial charge in [0.25, 0.3) is 0 Å². The lowest BCUT2D eigenvalue weighted by molar-refractivity contribution is -0.118. The molecule has 0 aromatic heterocycles. The molecule has 0 aliphatic carbocycles. The minimum Gasteiger partial charge on any atom is -0.314 e. The predicted molar refractivity (Wildman–Crippen MR) is 80.5 cm³/mol. The van der Waals surface area contributed by atoms with Crippen LogP contribution in [0.4, 0.5) is 0 Å². The Bertz CT molecular complexity index is 358. The van der Waals surface area contributed by atoms with E-state index in [4.69, 9.17) is 0 Å². The normalized spacial score (nSPS) is 17.2. The molecular weight excluding hydrogens is 236 g/mol. The summed E-state index contributed by atoms with van der Waals surface area (Å²) in [5.41, 5.74) is 1.14. The summed E-state index contributed by atoms with van der Waals surface area (Å²) in [5, 5.41) is 3.33. The van der Waals surface area contributed by atoms with Crippen molar-refractivity contribution in [1.29, 1.82) is 0 Å². The van der Waals surface area contributed by atoms with Gasteiger partial charge in [-0.15, -0.1) is 0 Å². The highest BCUT2D eigenvalue weighted by Gasteiger charge is 2.21. The SMILES string of the molecule is CC.CC(=O)C(CN1CCNCC1)c1ccccc1. The summed E-state index contributed by atoms with van der Waals surface area (Å²) < 4.78 is 0. The Balaban J connectivity index is 0.000000861. The number of nitrogens with zero attached hydrogens (tertiary/aromatic N) is 1. The molecule has 1 atom stereocenters. The van der Waals surface area contributed by atoms with Crippen LogP contribution < -0.4 is 5.32 Å². The fourth-order valence-electron chi connectivity index (χ4n) is 2.31. The van der Waals surface area contributed by atoms with Gasteiger partial charge in [0.1, 0.15) is 5.78 Å². The fraction of sp³-hybridized carbons (Fsp3) is 0.562. The van der Waals surface area contributed by atoms with Crippen LogP contribution in [-0.2, 0) is 4.79 Å². The molecule has 0 amide bonds. The van der Waals surface area contributed by atoms with E-state index < -0.39 is 0 Å². The highest BCUT2D eigenvalue weighted by molar-refractivity contribution is 5.83. The van der Waals surface area contributed by atoms with Crippen molar-refractivity contribution >= 4 is 5.78 Å². The van der Waals surface area contributed by atoms with Gasteiger partial charge in [-0.1, -0.05) is 44.2 Å². The number of carbonyl (C=O) groups is 1. The van der Waals surface area contributed by atoms with Crippen molar-refractivity contribution in [1.82, 2.24) is 10.2 Å². The summed E-state index contributed by atoms with van der Waals surface area (Å²) in [6, 6.07) is 10.1. The molecule has 1 N–H and O–H groups in total. The summed E-state index contributed by atoms with van der Waals surface area (Å²) in [6.07, 6.45) is 0. The zero-order valence-electron chi connectivity index (χ0n) is 12.4. The van der Waals surface area contributed by atoms with Gasteiger partial charge in [-0.3, -0.25) is 9.69 Å². The average molecular weight is 262 g/mol. The van der Waals surface area contributed by atoms with Gasteiger partial charge >= 0.3 is 0 Å². The number of Topliss-reactive ketones (excluding diaryl/α,β-unsaturated/α-hetero) is 1. The van der Waals surface area contributed by atoms with Crippen molar-refractivity contribution in [3.05, 3.63) is 35.9 Å². The van der Waals surface area contributed by atoms with Crippen molar-refractivity contribution in [2.45, 2.75) is 26.7 Å². The third-order valence-electron chi connectivity index (χ3n) is 3.34. The Morgan fingerprint density at radius 3 is 2.32 bits per heavy atom. The average Bonchev–Trinajstić information content (AvgIpc) is 2.48. The fourth-order valence-corrected chi connectivity index (χ4v) is 2.31. The van der Waals surface area contributed by atoms with Gasteiger partial charge < -0.3 is 5.32 Å². The van der Waals surface area contributed by atoms with E-state index in [1.165, 1.54) is 0 Å². The largest absolute Gasteiger partial charge is 0.314 e. The summed E-state index contributed by atoms with van der Waals surface area (Å²) in [4.78, 5) is 14.1. The zero-order chi connectivity index (χ0) is 14.1. The first-order valence-corrected chi connectivity index (χ1v) is 7.26. The van der Waals surface area contributed by atoms with E-state index >= 15 is 0 Å². The van der Waals surface area contributed by atoms with Crippen LogP contribution in [0.1, 0.15) is 32.3 Å². The molecule has 106 valence electrons. The molecule has 3 nitrogen and oxygen atoms in total. The molecule has 0 radical (unpaired) electrons. The highest BCUT2D eigenvalue weighted by Crippen LogP contribution is 2.18. The van der Waals surface area contributed by atoms with Gasteiger partial charge in [0.15, 0.2) is 0 Å². The van der Waals surface area contributed by atoms with Crippen LogP contribution in [0.2, 0.25) is 0 Å². The first-order valence-electron chi connectivity index (χ1n) is 7.26. The number of piperazine rings is 1. The Hall–Kier alpha value is -1.19. The summed E-state index contributed by atoms with van der Waals surface area (Å²) >= 11 is 0. The number of nitrogens with one attached hydrogen (secondary N) is 1. The molecule has 1 heterocycles. The third kappa shape index (κ3) is 5.13. The first-order chi connectivity index (χ1) is 9.27. The number of hydrogen-bond donors (Lipinski definition) is 1. The van der Waals surface area contributed by atoms with Crippen molar-refractivity contribution in [2.24, 2.45) is 0 Å². The highest BCUT2D eigenvalue weighted by atomic mass is 16.1. The quantitative estimate of drug-likeness (QED) is 0.903. The van der Waals surface area contributed by atoms with Crippen molar-refractivity contribution < 1.29 is 4.79 Å². The number of carbonyl (C=O) groups excluding carboxylic acids is 1. The standard InChI is InChI=1S/C14H20N2O.C2H6/c1-12(17)14(13-5-3-2-4-6-13)11-16-9-7-15-8-10-16;1-2/h2-6,14-15H,7-11H2,1H3;1-2H3. The Morgan fingerprint density at radius 1 is 1.21 bits per heavy atom. The maximum absolute atomic E-state index is 11.8. The zero-order valence-corrected chi connectivity index (χ0v) is 12.4. The minimum atomic E-state index is 0.0225. The van der Waals surface area contributed by atoms with Crippen LogP contribution in [0.3, 0.4) is 0 Å². The van der Waals surface area contributed by atoms with E-state index in [-0.39, 0.29) is 11.7 Å². The van der Waals surface area contributed by atoms with Gasteiger partial charge in [0.05, 0.1) is 5.92 Å².